The molecule has 1 unspecified atom stereocenters. The predicted molar refractivity (Wildman–Crippen MR) is 90.2 cm³/mol. The third-order valence-electron chi connectivity index (χ3n) is 4.51. The van der Waals surface area contributed by atoms with E-state index in [9.17, 15) is 9.59 Å². The number of nitrogens with zero attached hydrogens (tertiary/aromatic N) is 2. The van der Waals surface area contributed by atoms with Crippen LogP contribution in [0.2, 0.25) is 0 Å². The van der Waals surface area contributed by atoms with Crippen molar-refractivity contribution in [1.82, 2.24) is 9.88 Å². The molecule has 6 nitrogen and oxygen atoms in total. The number of carbonyl (C=O) groups excluding carboxylic acids is 1. The fourth-order valence-electron chi connectivity index (χ4n) is 2.92. The fraction of sp³-hybridized carbons (Fsp3) is 0.611. The van der Waals surface area contributed by atoms with Crippen LogP contribution < -0.4 is 4.74 Å². The lowest BCUT2D eigenvalue weighted by Crippen LogP contribution is -2.41. The molecule has 0 aromatic carbocycles. The van der Waals surface area contributed by atoms with Crippen molar-refractivity contribution in [2.45, 2.75) is 64.5 Å². The maximum absolute atomic E-state index is 12.7. The van der Waals surface area contributed by atoms with Gasteiger partial charge < -0.3 is 14.7 Å². The van der Waals surface area contributed by atoms with E-state index in [0.29, 0.717) is 17.9 Å². The van der Waals surface area contributed by atoms with E-state index in [2.05, 4.69) is 4.98 Å². The molecule has 2 rings (SSSR count). The summed E-state index contributed by atoms with van der Waals surface area (Å²) >= 11 is 0. The average molecular weight is 334 g/mol. The third-order valence-corrected chi connectivity index (χ3v) is 4.51. The number of hydrogen-bond acceptors (Lipinski definition) is 4. The Bertz CT molecular complexity index is 570. The second-order valence-electron chi connectivity index (χ2n) is 6.34. The number of carboxylic acids is 1. The van der Waals surface area contributed by atoms with E-state index in [1.807, 2.05) is 13.8 Å². The molecule has 0 radical (unpaired) electrons. The highest BCUT2D eigenvalue weighted by Crippen LogP contribution is 2.23. The van der Waals surface area contributed by atoms with Crippen LogP contribution >= 0.6 is 0 Å². The minimum absolute atomic E-state index is 0.149. The number of hydrogen-bond donors (Lipinski definition) is 1. The van der Waals surface area contributed by atoms with Crippen molar-refractivity contribution in [2.24, 2.45) is 0 Å². The van der Waals surface area contributed by atoms with Crippen LogP contribution in [0.25, 0.3) is 0 Å². The van der Waals surface area contributed by atoms with Crippen molar-refractivity contribution in [3.05, 3.63) is 23.9 Å². The van der Waals surface area contributed by atoms with Crippen molar-refractivity contribution in [2.75, 3.05) is 6.54 Å². The molecule has 1 atom stereocenters. The summed E-state index contributed by atoms with van der Waals surface area (Å²) in [4.78, 5) is 29.3. The van der Waals surface area contributed by atoms with Gasteiger partial charge in [0.25, 0.3) is 5.91 Å². The number of aromatic nitrogens is 1. The van der Waals surface area contributed by atoms with Gasteiger partial charge in [0.1, 0.15) is 12.6 Å². The maximum Gasteiger partial charge on any atom is 0.323 e. The molecule has 0 saturated heterocycles. The second kappa shape index (κ2) is 8.66. The summed E-state index contributed by atoms with van der Waals surface area (Å²) in [6.07, 6.45) is 7.96. The van der Waals surface area contributed by atoms with E-state index in [0.717, 1.165) is 25.7 Å². The minimum atomic E-state index is -1.02. The van der Waals surface area contributed by atoms with Crippen LogP contribution in [0.15, 0.2) is 18.3 Å². The Kier molecular flexibility index (Phi) is 6.58. The number of aliphatic carboxylic acids is 1. The molecule has 1 heterocycles. The number of carboxylic acid groups (broad SMARTS) is 1. The summed E-state index contributed by atoms with van der Waals surface area (Å²) in [6, 6.07) is 3.08. The van der Waals surface area contributed by atoms with Crippen LogP contribution in [-0.2, 0) is 4.79 Å². The lowest BCUT2D eigenvalue weighted by atomic mass is 9.98. The molecule has 1 N–H and O–H groups in total. The van der Waals surface area contributed by atoms with Crippen molar-refractivity contribution >= 4 is 11.9 Å². The number of carbonyl (C=O) groups is 2. The van der Waals surface area contributed by atoms with Crippen molar-refractivity contribution in [3.63, 3.8) is 0 Å². The highest BCUT2D eigenvalue weighted by Gasteiger charge is 2.24. The van der Waals surface area contributed by atoms with Crippen LogP contribution in [0.5, 0.6) is 5.88 Å². The highest BCUT2D eigenvalue weighted by atomic mass is 16.5. The van der Waals surface area contributed by atoms with Gasteiger partial charge in [0.05, 0.1) is 0 Å². The molecule has 0 bridgehead atoms. The van der Waals surface area contributed by atoms with E-state index < -0.39 is 5.97 Å². The Labute approximate surface area is 142 Å². The zero-order chi connectivity index (χ0) is 17.5. The normalized spacial score (nSPS) is 16.4. The molecular weight excluding hydrogens is 308 g/mol. The van der Waals surface area contributed by atoms with Gasteiger partial charge in [-0.05, 0) is 45.1 Å². The molecular formula is C18H26N2O4. The van der Waals surface area contributed by atoms with E-state index in [1.165, 1.54) is 11.3 Å². The predicted octanol–water partition coefficient (Wildman–Crippen LogP) is 3.12. The van der Waals surface area contributed by atoms with Gasteiger partial charge in [-0.2, -0.15) is 0 Å². The van der Waals surface area contributed by atoms with Gasteiger partial charge in [0.15, 0.2) is 0 Å². The Hall–Kier alpha value is -2.11. The maximum atomic E-state index is 12.7. The fourth-order valence-corrected chi connectivity index (χ4v) is 2.92. The smallest absolute Gasteiger partial charge is 0.323 e. The van der Waals surface area contributed by atoms with Crippen molar-refractivity contribution in [1.29, 1.82) is 0 Å². The largest absolute Gasteiger partial charge is 0.480 e. The number of pyridine rings is 1. The zero-order valence-electron chi connectivity index (χ0n) is 14.4. The van der Waals surface area contributed by atoms with Gasteiger partial charge >= 0.3 is 5.97 Å². The molecule has 1 aliphatic carbocycles. The van der Waals surface area contributed by atoms with Gasteiger partial charge in [0, 0.05) is 23.9 Å². The van der Waals surface area contributed by atoms with Crippen molar-refractivity contribution in [3.8, 4) is 5.88 Å². The molecule has 132 valence electrons. The molecule has 0 aliphatic heterocycles. The van der Waals surface area contributed by atoms with Gasteiger partial charge in [-0.1, -0.05) is 13.3 Å². The standard InChI is InChI=1S/C18H26N2O4/c1-3-13(2)20(12-17(21)22)18(23)14-9-10-19-16(11-14)24-15-7-5-4-6-8-15/h9-11,13,15H,3-8,12H2,1-2H3,(H,21,22). The summed E-state index contributed by atoms with van der Waals surface area (Å²) < 4.78 is 5.90. The Morgan fingerprint density at radius 3 is 2.71 bits per heavy atom. The first-order valence-electron chi connectivity index (χ1n) is 8.66. The summed E-state index contributed by atoms with van der Waals surface area (Å²) in [5, 5.41) is 9.06. The van der Waals surface area contributed by atoms with Gasteiger partial charge in [0.2, 0.25) is 5.88 Å². The SMILES string of the molecule is CCC(C)N(CC(=O)O)C(=O)c1ccnc(OC2CCCCC2)c1. The summed E-state index contributed by atoms with van der Waals surface area (Å²) in [7, 11) is 0. The van der Waals surface area contributed by atoms with Crippen LogP contribution in [-0.4, -0.2) is 45.6 Å². The Morgan fingerprint density at radius 2 is 2.08 bits per heavy atom. The van der Waals surface area contributed by atoms with E-state index in [-0.39, 0.29) is 24.6 Å². The minimum Gasteiger partial charge on any atom is -0.480 e. The number of ether oxygens (including phenoxy) is 1. The van der Waals surface area contributed by atoms with Crippen LogP contribution in [0, 0.1) is 0 Å². The van der Waals surface area contributed by atoms with E-state index >= 15 is 0 Å². The van der Waals surface area contributed by atoms with Crippen LogP contribution in [0.3, 0.4) is 0 Å². The molecule has 1 aromatic rings. The van der Waals surface area contributed by atoms with Crippen molar-refractivity contribution < 1.29 is 19.4 Å². The third kappa shape index (κ3) is 4.94. The van der Waals surface area contributed by atoms with Gasteiger partial charge in [-0.3, -0.25) is 9.59 Å². The number of rotatable bonds is 7. The molecule has 6 heteroatoms. The highest BCUT2D eigenvalue weighted by molar-refractivity contribution is 5.96. The first kappa shape index (κ1) is 18.2. The monoisotopic (exact) mass is 334 g/mol. The Morgan fingerprint density at radius 1 is 1.38 bits per heavy atom. The van der Waals surface area contributed by atoms with Crippen LogP contribution in [0.4, 0.5) is 0 Å². The zero-order valence-corrected chi connectivity index (χ0v) is 14.4. The Balaban J connectivity index is 2.12. The summed E-state index contributed by atoms with van der Waals surface area (Å²) in [5.74, 6) is -0.883. The summed E-state index contributed by atoms with van der Waals surface area (Å²) in [5.41, 5.74) is 0.414. The molecule has 0 spiro atoms. The molecule has 24 heavy (non-hydrogen) atoms. The second-order valence-corrected chi connectivity index (χ2v) is 6.34. The van der Waals surface area contributed by atoms with Gasteiger partial charge in [-0.25, -0.2) is 4.98 Å². The lowest BCUT2D eigenvalue weighted by molar-refractivity contribution is -0.138. The molecule has 1 amide bonds. The lowest BCUT2D eigenvalue weighted by Gasteiger charge is -2.27. The molecule has 1 saturated carbocycles. The topological polar surface area (TPSA) is 79.7 Å². The van der Waals surface area contributed by atoms with E-state index in [4.69, 9.17) is 9.84 Å². The molecule has 1 aromatic heterocycles. The molecule has 1 fully saturated rings. The number of amides is 1. The average Bonchev–Trinajstić information content (AvgIpc) is 2.59. The molecule has 1 aliphatic rings. The quantitative estimate of drug-likeness (QED) is 0.829. The van der Waals surface area contributed by atoms with Gasteiger partial charge in [-0.15, -0.1) is 0 Å². The first-order chi connectivity index (χ1) is 11.5. The summed E-state index contributed by atoms with van der Waals surface area (Å²) in [6.45, 7) is 3.47. The van der Waals surface area contributed by atoms with Crippen LogP contribution in [0.1, 0.15) is 62.7 Å². The van der Waals surface area contributed by atoms with E-state index in [1.54, 1.807) is 18.3 Å². The first-order valence-corrected chi connectivity index (χ1v) is 8.66.